The first kappa shape index (κ1) is 42.7. The number of esters is 2. The Morgan fingerprint density at radius 1 is 0.364 bits per heavy atom. The van der Waals surface area contributed by atoms with Crippen LogP contribution in [0.2, 0.25) is 0 Å². The van der Waals surface area contributed by atoms with Crippen molar-refractivity contribution in [1.82, 2.24) is 0 Å². The van der Waals surface area contributed by atoms with E-state index in [4.69, 9.17) is 9.47 Å². The minimum atomic E-state index is -0.455. The number of carbonyl (C=O) groups excluding carboxylic acids is 2. The molecule has 260 valence electrons. The lowest BCUT2D eigenvalue weighted by molar-refractivity contribution is -0.140. The molecule has 0 aromatic carbocycles. The van der Waals surface area contributed by atoms with Gasteiger partial charge in [0.1, 0.15) is 0 Å². The molecule has 0 aromatic rings. The van der Waals surface area contributed by atoms with Gasteiger partial charge >= 0.3 is 11.9 Å². The second-order valence-electron chi connectivity index (χ2n) is 14.2. The highest BCUT2D eigenvalue weighted by atomic mass is 16.5. The van der Waals surface area contributed by atoms with Gasteiger partial charge in [-0.3, -0.25) is 0 Å². The molecule has 0 aliphatic heterocycles. The highest BCUT2D eigenvalue weighted by Gasteiger charge is 2.02. The Hall–Kier alpha value is -1.32. The standard InChI is InChI=1S/C40H76O4/c1-37(2)31-27-23-19-15-11-7-5-9-13-17-21-25-29-35-43-39(41)33-34-40(42)44-36-30-26-22-18-14-10-6-8-12-16-20-24-28-32-38(3)4/h33-34,37-38H,5-32,35-36H2,1-4H3/b34-33-. The van der Waals surface area contributed by atoms with E-state index in [1.54, 1.807) is 0 Å². The van der Waals surface area contributed by atoms with Crippen LogP contribution in [0.3, 0.4) is 0 Å². The van der Waals surface area contributed by atoms with E-state index in [0.717, 1.165) is 37.5 Å². The van der Waals surface area contributed by atoms with Crippen LogP contribution in [0.1, 0.15) is 207 Å². The number of rotatable bonds is 34. The molecule has 0 aliphatic rings. The van der Waals surface area contributed by atoms with Gasteiger partial charge in [0.2, 0.25) is 0 Å². The molecule has 44 heavy (non-hydrogen) atoms. The Balaban J connectivity index is 3.34. The van der Waals surface area contributed by atoms with Gasteiger partial charge in [0, 0.05) is 12.2 Å². The average Bonchev–Trinajstić information content (AvgIpc) is 2.99. The lowest BCUT2D eigenvalue weighted by Crippen LogP contribution is -2.06. The van der Waals surface area contributed by atoms with Crippen LogP contribution in [0.25, 0.3) is 0 Å². The lowest BCUT2D eigenvalue weighted by atomic mass is 10.0. The van der Waals surface area contributed by atoms with Gasteiger partial charge in [0.05, 0.1) is 13.2 Å². The zero-order valence-electron chi connectivity index (χ0n) is 30.2. The SMILES string of the molecule is CC(C)CCCCCCCCCCCCCCCOC(=O)/C=C\C(=O)OCCCCCCCCCCCCCCCC(C)C. The Morgan fingerprint density at radius 3 is 0.795 bits per heavy atom. The van der Waals surface area contributed by atoms with E-state index in [1.165, 1.54) is 166 Å². The Kier molecular flexibility index (Phi) is 33.5. The first-order valence-corrected chi connectivity index (χ1v) is 19.4. The van der Waals surface area contributed by atoms with E-state index in [-0.39, 0.29) is 0 Å². The van der Waals surface area contributed by atoms with E-state index < -0.39 is 11.9 Å². The number of carbonyl (C=O) groups is 2. The molecule has 0 aliphatic carbocycles. The zero-order chi connectivity index (χ0) is 32.4. The zero-order valence-corrected chi connectivity index (χ0v) is 30.2. The summed E-state index contributed by atoms with van der Waals surface area (Å²) in [6, 6.07) is 0. The predicted octanol–water partition coefficient (Wildman–Crippen LogP) is 12.9. The van der Waals surface area contributed by atoms with Gasteiger partial charge in [-0.25, -0.2) is 9.59 Å². The van der Waals surface area contributed by atoms with Gasteiger partial charge in [0.25, 0.3) is 0 Å². The van der Waals surface area contributed by atoms with Crippen LogP contribution in [-0.4, -0.2) is 25.2 Å². The second-order valence-corrected chi connectivity index (χ2v) is 14.2. The molecular weight excluding hydrogens is 544 g/mol. The normalized spacial score (nSPS) is 11.7. The maximum atomic E-state index is 11.8. The Bertz CT molecular complexity index is 585. The number of unbranched alkanes of at least 4 members (excludes halogenated alkanes) is 24. The van der Waals surface area contributed by atoms with Crippen LogP contribution in [0.4, 0.5) is 0 Å². The third kappa shape index (κ3) is 36.9. The van der Waals surface area contributed by atoms with Crippen LogP contribution in [0.5, 0.6) is 0 Å². The topological polar surface area (TPSA) is 52.6 Å². The summed E-state index contributed by atoms with van der Waals surface area (Å²) in [5.41, 5.74) is 0. The van der Waals surface area contributed by atoms with Crippen molar-refractivity contribution in [1.29, 1.82) is 0 Å². The quantitative estimate of drug-likeness (QED) is 0.0408. The number of hydrogen-bond donors (Lipinski definition) is 0. The van der Waals surface area contributed by atoms with Crippen LogP contribution in [-0.2, 0) is 19.1 Å². The largest absolute Gasteiger partial charge is 0.463 e. The monoisotopic (exact) mass is 621 g/mol. The summed E-state index contributed by atoms with van der Waals surface area (Å²) in [6.07, 6.45) is 39.0. The lowest BCUT2D eigenvalue weighted by Gasteiger charge is -2.05. The van der Waals surface area contributed by atoms with E-state index >= 15 is 0 Å². The summed E-state index contributed by atoms with van der Waals surface area (Å²) in [4.78, 5) is 23.6. The summed E-state index contributed by atoms with van der Waals surface area (Å²) in [7, 11) is 0. The summed E-state index contributed by atoms with van der Waals surface area (Å²) < 4.78 is 10.4. The first-order chi connectivity index (χ1) is 21.4. The fourth-order valence-corrected chi connectivity index (χ4v) is 5.78. The Labute approximate surface area is 275 Å². The molecule has 0 atom stereocenters. The number of ether oxygens (including phenoxy) is 2. The fraction of sp³-hybridized carbons (Fsp3) is 0.900. The second kappa shape index (κ2) is 34.6. The summed E-state index contributed by atoms with van der Waals surface area (Å²) in [5.74, 6) is 0.798. The molecule has 0 radical (unpaired) electrons. The Morgan fingerprint density at radius 2 is 0.568 bits per heavy atom. The van der Waals surface area contributed by atoms with Crippen molar-refractivity contribution in [2.24, 2.45) is 11.8 Å². The van der Waals surface area contributed by atoms with Gasteiger partial charge in [-0.05, 0) is 24.7 Å². The average molecular weight is 621 g/mol. The molecule has 0 spiro atoms. The molecule has 4 nitrogen and oxygen atoms in total. The maximum Gasteiger partial charge on any atom is 0.331 e. The minimum Gasteiger partial charge on any atom is -0.463 e. The summed E-state index contributed by atoms with van der Waals surface area (Å²) >= 11 is 0. The maximum absolute atomic E-state index is 11.8. The molecule has 0 N–H and O–H groups in total. The third-order valence-electron chi connectivity index (χ3n) is 8.70. The predicted molar refractivity (Wildman–Crippen MR) is 190 cm³/mol. The van der Waals surface area contributed by atoms with Gasteiger partial charge in [-0.15, -0.1) is 0 Å². The smallest absolute Gasteiger partial charge is 0.331 e. The molecule has 0 heterocycles. The van der Waals surface area contributed by atoms with Crippen LogP contribution in [0.15, 0.2) is 12.2 Å². The molecule has 0 saturated heterocycles. The summed E-state index contributed by atoms with van der Waals surface area (Å²) in [6.45, 7) is 10.1. The first-order valence-electron chi connectivity index (χ1n) is 19.4. The van der Waals surface area contributed by atoms with E-state index in [0.29, 0.717) is 13.2 Å². The minimum absolute atomic E-state index is 0.425. The van der Waals surface area contributed by atoms with Gasteiger partial charge in [-0.2, -0.15) is 0 Å². The van der Waals surface area contributed by atoms with Gasteiger partial charge in [0.15, 0.2) is 0 Å². The van der Waals surface area contributed by atoms with Crippen molar-refractivity contribution >= 4 is 11.9 Å². The third-order valence-corrected chi connectivity index (χ3v) is 8.70. The van der Waals surface area contributed by atoms with E-state index in [9.17, 15) is 9.59 Å². The van der Waals surface area contributed by atoms with Crippen molar-refractivity contribution < 1.29 is 19.1 Å². The highest BCUT2D eigenvalue weighted by molar-refractivity contribution is 5.91. The van der Waals surface area contributed by atoms with Crippen LogP contribution >= 0.6 is 0 Å². The van der Waals surface area contributed by atoms with Crippen molar-refractivity contribution in [3.63, 3.8) is 0 Å². The van der Waals surface area contributed by atoms with Crippen molar-refractivity contribution in [2.75, 3.05) is 13.2 Å². The molecule has 0 saturated carbocycles. The van der Waals surface area contributed by atoms with Crippen molar-refractivity contribution in [2.45, 2.75) is 207 Å². The molecule has 0 unspecified atom stereocenters. The summed E-state index contributed by atoms with van der Waals surface area (Å²) in [5, 5.41) is 0. The highest BCUT2D eigenvalue weighted by Crippen LogP contribution is 2.16. The molecular formula is C40H76O4. The molecule has 0 bridgehead atoms. The van der Waals surface area contributed by atoms with Crippen molar-refractivity contribution in [3.8, 4) is 0 Å². The number of hydrogen-bond acceptors (Lipinski definition) is 4. The van der Waals surface area contributed by atoms with Crippen LogP contribution in [0, 0.1) is 11.8 Å². The molecule has 0 fully saturated rings. The van der Waals surface area contributed by atoms with Gasteiger partial charge < -0.3 is 9.47 Å². The molecule has 0 rings (SSSR count). The molecule has 0 amide bonds. The van der Waals surface area contributed by atoms with Crippen LogP contribution < -0.4 is 0 Å². The van der Waals surface area contributed by atoms with Gasteiger partial charge in [-0.1, -0.05) is 195 Å². The van der Waals surface area contributed by atoms with Crippen molar-refractivity contribution in [3.05, 3.63) is 12.2 Å². The fourth-order valence-electron chi connectivity index (χ4n) is 5.78. The molecule has 4 heteroatoms. The van der Waals surface area contributed by atoms with E-state index in [1.807, 2.05) is 0 Å². The van der Waals surface area contributed by atoms with E-state index in [2.05, 4.69) is 27.7 Å². The molecule has 0 aromatic heterocycles.